The highest BCUT2D eigenvalue weighted by atomic mass is 19.3. The van der Waals surface area contributed by atoms with Crippen LogP contribution in [-0.2, 0) is 0 Å². The summed E-state index contributed by atoms with van der Waals surface area (Å²) in [6, 6.07) is -0.166. The molecule has 0 radical (unpaired) electrons. The Balaban J connectivity index is 2.36. The molecule has 0 bridgehead atoms. The molecule has 0 spiro atoms. The Morgan fingerprint density at radius 3 is 2.60 bits per heavy atom. The molecular weight excluding hydrogens is 202 g/mol. The molecule has 88 valence electrons. The van der Waals surface area contributed by atoms with Crippen LogP contribution in [0.5, 0.6) is 0 Å². The first-order chi connectivity index (χ1) is 7.04. The molecule has 1 aliphatic carbocycles. The Kier molecular flexibility index (Phi) is 4.29. The van der Waals surface area contributed by atoms with Crippen molar-refractivity contribution in [3.05, 3.63) is 0 Å². The summed E-state index contributed by atoms with van der Waals surface area (Å²) in [5.74, 6) is 0.490. The SMILES string of the molecule is CCCN(CC(F)F)C(=O)N[C@@H]1C[C@@H]1C. The minimum Gasteiger partial charge on any atom is -0.335 e. The Morgan fingerprint density at radius 2 is 2.20 bits per heavy atom. The molecule has 1 rings (SSSR count). The second kappa shape index (κ2) is 5.28. The van der Waals surface area contributed by atoms with Gasteiger partial charge in [0.15, 0.2) is 0 Å². The monoisotopic (exact) mass is 220 g/mol. The molecule has 0 aromatic heterocycles. The van der Waals surface area contributed by atoms with Gasteiger partial charge in [0.25, 0.3) is 6.43 Å². The predicted octanol–water partition coefficient (Wildman–Crippen LogP) is 2.08. The Bertz CT molecular complexity index is 223. The molecule has 2 atom stereocenters. The third kappa shape index (κ3) is 4.01. The second-order valence-electron chi connectivity index (χ2n) is 4.11. The average molecular weight is 220 g/mol. The van der Waals surface area contributed by atoms with Crippen molar-refractivity contribution in [1.82, 2.24) is 10.2 Å². The van der Waals surface area contributed by atoms with Crippen molar-refractivity contribution in [1.29, 1.82) is 0 Å². The van der Waals surface area contributed by atoms with Crippen LogP contribution in [0.4, 0.5) is 13.6 Å². The van der Waals surface area contributed by atoms with Crippen molar-refractivity contribution in [3.8, 4) is 0 Å². The van der Waals surface area contributed by atoms with Crippen LogP contribution >= 0.6 is 0 Å². The third-order valence-corrected chi connectivity index (χ3v) is 2.56. The predicted molar refractivity (Wildman–Crippen MR) is 54.0 cm³/mol. The Labute approximate surface area is 88.8 Å². The van der Waals surface area contributed by atoms with Crippen LogP contribution in [0, 0.1) is 5.92 Å². The molecule has 0 saturated heterocycles. The number of hydrogen-bond donors (Lipinski definition) is 1. The van der Waals surface area contributed by atoms with E-state index in [0.717, 1.165) is 6.42 Å². The average Bonchev–Trinajstić information content (AvgIpc) is 2.80. The molecule has 1 fully saturated rings. The van der Waals surface area contributed by atoms with Crippen molar-refractivity contribution in [2.24, 2.45) is 5.92 Å². The summed E-state index contributed by atoms with van der Waals surface area (Å²) in [5, 5.41) is 2.75. The Hall–Kier alpha value is -0.870. The molecule has 1 N–H and O–H groups in total. The summed E-state index contributed by atoms with van der Waals surface area (Å²) in [5.41, 5.74) is 0. The number of alkyl halides is 2. The van der Waals surface area contributed by atoms with Gasteiger partial charge < -0.3 is 10.2 Å². The van der Waals surface area contributed by atoms with Gasteiger partial charge in [-0.3, -0.25) is 0 Å². The van der Waals surface area contributed by atoms with Crippen LogP contribution in [0.2, 0.25) is 0 Å². The van der Waals surface area contributed by atoms with Gasteiger partial charge in [-0.05, 0) is 18.8 Å². The summed E-state index contributed by atoms with van der Waals surface area (Å²) in [7, 11) is 0. The molecule has 1 saturated carbocycles. The lowest BCUT2D eigenvalue weighted by molar-refractivity contribution is 0.0981. The number of carbonyl (C=O) groups is 1. The van der Waals surface area contributed by atoms with Gasteiger partial charge in [0.05, 0.1) is 6.54 Å². The highest BCUT2D eigenvalue weighted by Crippen LogP contribution is 2.29. The van der Waals surface area contributed by atoms with E-state index in [-0.39, 0.29) is 12.1 Å². The fraction of sp³-hybridized carbons (Fsp3) is 0.900. The van der Waals surface area contributed by atoms with Crippen LogP contribution in [-0.4, -0.2) is 36.5 Å². The van der Waals surface area contributed by atoms with Gasteiger partial charge in [-0.15, -0.1) is 0 Å². The largest absolute Gasteiger partial charge is 0.335 e. The standard InChI is InChI=1S/C10H18F2N2O/c1-3-4-14(6-9(11)12)10(15)13-8-5-7(8)2/h7-9H,3-6H2,1-2H3,(H,13,15)/t7-,8+/m0/s1. The van der Waals surface area contributed by atoms with Gasteiger partial charge in [0.1, 0.15) is 0 Å². The van der Waals surface area contributed by atoms with E-state index in [4.69, 9.17) is 0 Å². The number of carbonyl (C=O) groups excluding carboxylic acids is 1. The van der Waals surface area contributed by atoms with E-state index in [0.29, 0.717) is 18.9 Å². The van der Waals surface area contributed by atoms with Crippen LogP contribution in [0.25, 0.3) is 0 Å². The molecule has 5 heteroatoms. The minimum atomic E-state index is -2.46. The topological polar surface area (TPSA) is 32.3 Å². The zero-order chi connectivity index (χ0) is 11.4. The van der Waals surface area contributed by atoms with E-state index in [9.17, 15) is 13.6 Å². The first-order valence-corrected chi connectivity index (χ1v) is 5.38. The lowest BCUT2D eigenvalue weighted by Gasteiger charge is -2.22. The number of nitrogens with zero attached hydrogens (tertiary/aromatic N) is 1. The molecular formula is C10H18F2N2O. The lowest BCUT2D eigenvalue weighted by atomic mass is 10.4. The number of hydrogen-bond acceptors (Lipinski definition) is 1. The normalized spacial score (nSPS) is 24.1. The summed E-state index contributed by atoms with van der Waals surface area (Å²) in [4.78, 5) is 12.7. The van der Waals surface area contributed by atoms with E-state index in [2.05, 4.69) is 5.32 Å². The van der Waals surface area contributed by atoms with Gasteiger partial charge in [-0.25, -0.2) is 13.6 Å². The van der Waals surface area contributed by atoms with Crippen molar-refractivity contribution in [3.63, 3.8) is 0 Å². The second-order valence-corrected chi connectivity index (χ2v) is 4.11. The molecule has 2 amide bonds. The molecule has 0 heterocycles. The smallest absolute Gasteiger partial charge is 0.317 e. The van der Waals surface area contributed by atoms with Crippen molar-refractivity contribution >= 4 is 6.03 Å². The van der Waals surface area contributed by atoms with Crippen LogP contribution in [0.15, 0.2) is 0 Å². The molecule has 0 aromatic rings. The van der Waals surface area contributed by atoms with Crippen LogP contribution < -0.4 is 5.32 Å². The van der Waals surface area contributed by atoms with Gasteiger partial charge in [0.2, 0.25) is 0 Å². The summed E-state index contributed by atoms with van der Waals surface area (Å²) in [6.45, 7) is 3.81. The first-order valence-electron chi connectivity index (χ1n) is 5.38. The Morgan fingerprint density at radius 1 is 1.60 bits per heavy atom. The van der Waals surface area contributed by atoms with E-state index in [1.54, 1.807) is 0 Å². The molecule has 15 heavy (non-hydrogen) atoms. The lowest BCUT2D eigenvalue weighted by Crippen LogP contribution is -2.44. The molecule has 3 nitrogen and oxygen atoms in total. The van der Waals surface area contributed by atoms with E-state index >= 15 is 0 Å². The molecule has 0 aromatic carbocycles. The summed E-state index contributed by atoms with van der Waals surface area (Å²) in [6.07, 6.45) is -0.806. The molecule has 0 aliphatic heterocycles. The maximum Gasteiger partial charge on any atom is 0.317 e. The third-order valence-electron chi connectivity index (χ3n) is 2.56. The highest BCUT2D eigenvalue weighted by Gasteiger charge is 2.35. The molecule has 1 aliphatic rings. The van der Waals surface area contributed by atoms with Crippen LogP contribution in [0.1, 0.15) is 26.7 Å². The van der Waals surface area contributed by atoms with Gasteiger partial charge in [0, 0.05) is 12.6 Å². The number of nitrogens with one attached hydrogen (secondary N) is 1. The van der Waals surface area contributed by atoms with Crippen LogP contribution in [0.3, 0.4) is 0 Å². The maximum atomic E-state index is 12.2. The van der Waals surface area contributed by atoms with Gasteiger partial charge >= 0.3 is 6.03 Å². The zero-order valence-electron chi connectivity index (χ0n) is 9.17. The number of rotatable bonds is 5. The fourth-order valence-corrected chi connectivity index (χ4v) is 1.49. The van der Waals surface area contributed by atoms with E-state index in [1.165, 1.54) is 4.90 Å². The van der Waals surface area contributed by atoms with E-state index in [1.807, 2.05) is 13.8 Å². The fourth-order valence-electron chi connectivity index (χ4n) is 1.49. The summed E-state index contributed by atoms with van der Waals surface area (Å²) < 4.78 is 24.4. The van der Waals surface area contributed by atoms with E-state index < -0.39 is 13.0 Å². The van der Waals surface area contributed by atoms with Gasteiger partial charge in [-0.2, -0.15) is 0 Å². The number of amides is 2. The zero-order valence-corrected chi connectivity index (χ0v) is 9.17. The number of halogens is 2. The maximum absolute atomic E-state index is 12.2. The number of urea groups is 1. The van der Waals surface area contributed by atoms with Crippen molar-refractivity contribution < 1.29 is 13.6 Å². The quantitative estimate of drug-likeness (QED) is 0.756. The van der Waals surface area contributed by atoms with Crippen molar-refractivity contribution in [2.75, 3.05) is 13.1 Å². The van der Waals surface area contributed by atoms with Gasteiger partial charge in [-0.1, -0.05) is 13.8 Å². The highest BCUT2D eigenvalue weighted by molar-refractivity contribution is 5.74. The summed E-state index contributed by atoms with van der Waals surface area (Å²) >= 11 is 0. The van der Waals surface area contributed by atoms with Crippen molar-refractivity contribution in [2.45, 2.75) is 39.2 Å². The first kappa shape index (κ1) is 12.2. The molecule has 0 unspecified atom stereocenters. The minimum absolute atomic E-state index is 0.189.